The van der Waals surface area contributed by atoms with Crippen molar-refractivity contribution in [2.75, 3.05) is 0 Å². The van der Waals surface area contributed by atoms with E-state index >= 15 is 0 Å². The van der Waals surface area contributed by atoms with Crippen LogP contribution in [-0.4, -0.2) is 22.2 Å². The van der Waals surface area contributed by atoms with E-state index in [1.807, 2.05) is 0 Å². The Kier molecular flexibility index (Phi) is 5.62. The SMILES string of the molecule is Cl.Cl.O=C(O)c1cccc2cccc(C(=O)O)c12. The number of halogens is 2. The maximum absolute atomic E-state index is 11.0. The molecule has 0 aliphatic rings. The fourth-order valence-electron chi connectivity index (χ4n) is 1.70. The summed E-state index contributed by atoms with van der Waals surface area (Å²) in [6.45, 7) is 0. The molecule has 0 aromatic heterocycles. The second kappa shape index (κ2) is 6.23. The molecule has 0 saturated carbocycles. The van der Waals surface area contributed by atoms with E-state index < -0.39 is 11.9 Å². The molecule has 0 spiro atoms. The molecule has 2 aromatic carbocycles. The molecule has 0 aliphatic carbocycles. The fraction of sp³-hybridized carbons (Fsp3) is 0. The van der Waals surface area contributed by atoms with Gasteiger partial charge in [-0.2, -0.15) is 0 Å². The number of benzene rings is 2. The normalized spacial score (nSPS) is 9.11. The van der Waals surface area contributed by atoms with Gasteiger partial charge in [-0.05, 0) is 17.5 Å². The van der Waals surface area contributed by atoms with Crippen molar-refractivity contribution in [3.05, 3.63) is 47.5 Å². The number of aromatic carboxylic acids is 2. The van der Waals surface area contributed by atoms with Gasteiger partial charge in [-0.25, -0.2) is 9.59 Å². The minimum Gasteiger partial charge on any atom is -0.478 e. The molecule has 0 fully saturated rings. The van der Waals surface area contributed by atoms with E-state index in [0.29, 0.717) is 5.39 Å². The molecule has 0 atom stereocenters. The minimum atomic E-state index is -1.13. The van der Waals surface area contributed by atoms with Gasteiger partial charge in [0.15, 0.2) is 0 Å². The van der Waals surface area contributed by atoms with Crippen molar-refractivity contribution in [2.24, 2.45) is 0 Å². The second-order valence-corrected chi connectivity index (χ2v) is 3.32. The molecule has 18 heavy (non-hydrogen) atoms. The summed E-state index contributed by atoms with van der Waals surface area (Å²) in [7, 11) is 0. The molecular formula is C12H10Cl2O4. The summed E-state index contributed by atoms with van der Waals surface area (Å²) in [6, 6.07) is 9.37. The van der Waals surface area contributed by atoms with Crippen molar-refractivity contribution >= 4 is 47.5 Å². The van der Waals surface area contributed by atoms with Crippen molar-refractivity contribution < 1.29 is 19.8 Å². The third-order valence-electron chi connectivity index (χ3n) is 2.37. The molecule has 2 rings (SSSR count). The molecule has 2 N–H and O–H groups in total. The standard InChI is InChI=1S/C12H8O4.2ClH/c13-11(14)8-5-1-3-7-4-2-6-9(10(7)8)12(15)16;;/h1-6H,(H,13,14)(H,15,16);2*1H. The summed E-state index contributed by atoms with van der Waals surface area (Å²) in [4.78, 5) is 22.0. The van der Waals surface area contributed by atoms with Crippen LogP contribution in [0.2, 0.25) is 0 Å². The highest BCUT2D eigenvalue weighted by atomic mass is 35.5. The summed E-state index contributed by atoms with van der Waals surface area (Å²) in [5.74, 6) is -2.25. The van der Waals surface area contributed by atoms with E-state index in [9.17, 15) is 9.59 Å². The van der Waals surface area contributed by atoms with E-state index in [1.165, 1.54) is 12.1 Å². The number of rotatable bonds is 2. The molecule has 0 unspecified atom stereocenters. The first-order chi connectivity index (χ1) is 7.61. The van der Waals surface area contributed by atoms with E-state index in [1.54, 1.807) is 24.3 Å². The summed E-state index contributed by atoms with van der Waals surface area (Å²) < 4.78 is 0. The van der Waals surface area contributed by atoms with Crippen LogP contribution >= 0.6 is 24.8 Å². The fourth-order valence-corrected chi connectivity index (χ4v) is 1.70. The van der Waals surface area contributed by atoms with Crippen LogP contribution in [0.15, 0.2) is 36.4 Å². The lowest BCUT2D eigenvalue weighted by Gasteiger charge is -2.05. The van der Waals surface area contributed by atoms with Crippen LogP contribution in [0, 0.1) is 0 Å². The Balaban J connectivity index is 0.00000144. The number of carbonyl (C=O) groups is 2. The predicted molar refractivity (Wildman–Crippen MR) is 72.4 cm³/mol. The molecule has 0 heterocycles. The van der Waals surface area contributed by atoms with Crippen LogP contribution in [0.4, 0.5) is 0 Å². The Morgan fingerprint density at radius 1 is 0.778 bits per heavy atom. The maximum Gasteiger partial charge on any atom is 0.336 e. The van der Waals surface area contributed by atoms with Gasteiger partial charge in [0, 0.05) is 5.39 Å². The summed E-state index contributed by atoms with van der Waals surface area (Å²) in [5, 5.41) is 18.9. The smallest absolute Gasteiger partial charge is 0.336 e. The van der Waals surface area contributed by atoms with Gasteiger partial charge in [0.25, 0.3) is 0 Å². The number of carboxylic acid groups (broad SMARTS) is 2. The van der Waals surface area contributed by atoms with E-state index in [2.05, 4.69) is 0 Å². The molecule has 0 saturated heterocycles. The van der Waals surface area contributed by atoms with Crippen LogP contribution in [0.5, 0.6) is 0 Å². The third kappa shape index (κ3) is 2.72. The van der Waals surface area contributed by atoms with Crippen molar-refractivity contribution in [1.29, 1.82) is 0 Å². The zero-order chi connectivity index (χ0) is 11.7. The summed E-state index contributed by atoms with van der Waals surface area (Å²) in [5.41, 5.74) is 0.0194. The number of fused-ring (bicyclic) bond motifs is 1. The van der Waals surface area contributed by atoms with E-state index in [0.717, 1.165) is 0 Å². The van der Waals surface area contributed by atoms with Gasteiger partial charge in [0.05, 0.1) is 11.1 Å². The highest BCUT2D eigenvalue weighted by Gasteiger charge is 2.15. The Morgan fingerprint density at radius 2 is 1.17 bits per heavy atom. The molecule has 0 bridgehead atoms. The van der Waals surface area contributed by atoms with Gasteiger partial charge in [-0.1, -0.05) is 24.3 Å². The summed E-state index contributed by atoms with van der Waals surface area (Å²) in [6.07, 6.45) is 0. The van der Waals surface area contributed by atoms with Crippen molar-refractivity contribution in [1.82, 2.24) is 0 Å². The van der Waals surface area contributed by atoms with E-state index in [-0.39, 0.29) is 41.3 Å². The molecule has 0 aliphatic heterocycles. The largest absolute Gasteiger partial charge is 0.478 e. The van der Waals surface area contributed by atoms with E-state index in [4.69, 9.17) is 10.2 Å². The zero-order valence-electron chi connectivity index (χ0n) is 8.99. The van der Waals surface area contributed by atoms with Crippen LogP contribution < -0.4 is 0 Å². The number of hydrogen-bond acceptors (Lipinski definition) is 2. The zero-order valence-corrected chi connectivity index (χ0v) is 10.6. The Bertz CT molecular complexity index is 547. The first-order valence-corrected chi connectivity index (χ1v) is 4.59. The number of carboxylic acids is 2. The number of hydrogen-bond donors (Lipinski definition) is 2. The average molecular weight is 289 g/mol. The topological polar surface area (TPSA) is 74.6 Å². The third-order valence-corrected chi connectivity index (χ3v) is 2.37. The van der Waals surface area contributed by atoms with Gasteiger partial charge in [0.2, 0.25) is 0 Å². The molecule has 6 heteroatoms. The van der Waals surface area contributed by atoms with Gasteiger partial charge >= 0.3 is 11.9 Å². The molecule has 96 valence electrons. The highest BCUT2D eigenvalue weighted by Crippen LogP contribution is 2.23. The highest BCUT2D eigenvalue weighted by molar-refractivity contribution is 6.12. The lowest BCUT2D eigenvalue weighted by molar-refractivity contribution is 0.0695. The van der Waals surface area contributed by atoms with Gasteiger partial charge in [0.1, 0.15) is 0 Å². The molecule has 2 aromatic rings. The van der Waals surface area contributed by atoms with Crippen LogP contribution in [0.25, 0.3) is 10.8 Å². The van der Waals surface area contributed by atoms with Crippen LogP contribution in [0.1, 0.15) is 20.7 Å². The van der Waals surface area contributed by atoms with Crippen molar-refractivity contribution in [3.8, 4) is 0 Å². The lowest BCUT2D eigenvalue weighted by Crippen LogP contribution is -2.03. The van der Waals surface area contributed by atoms with Crippen LogP contribution in [0.3, 0.4) is 0 Å². The molecular weight excluding hydrogens is 279 g/mol. The Hall–Kier alpha value is -1.78. The predicted octanol–water partition coefficient (Wildman–Crippen LogP) is 3.08. The Morgan fingerprint density at radius 3 is 1.50 bits per heavy atom. The Labute approximate surface area is 115 Å². The maximum atomic E-state index is 11.0. The minimum absolute atomic E-state index is 0. The molecule has 0 radical (unpaired) electrons. The average Bonchev–Trinajstić information content (AvgIpc) is 2.27. The first kappa shape index (κ1) is 16.2. The van der Waals surface area contributed by atoms with Crippen LogP contribution in [-0.2, 0) is 0 Å². The molecule has 4 nitrogen and oxygen atoms in total. The lowest BCUT2D eigenvalue weighted by atomic mass is 9.99. The monoisotopic (exact) mass is 288 g/mol. The first-order valence-electron chi connectivity index (χ1n) is 4.59. The molecule has 0 amide bonds. The van der Waals surface area contributed by atoms with Crippen molar-refractivity contribution in [3.63, 3.8) is 0 Å². The van der Waals surface area contributed by atoms with Crippen molar-refractivity contribution in [2.45, 2.75) is 0 Å². The van der Waals surface area contributed by atoms with Gasteiger partial charge in [-0.15, -0.1) is 24.8 Å². The quantitative estimate of drug-likeness (QED) is 0.891. The van der Waals surface area contributed by atoms with Gasteiger partial charge in [-0.3, -0.25) is 0 Å². The second-order valence-electron chi connectivity index (χ2n) is 3.32. The summed E-state index contributed by atoms with van der Waals surface area (Å²) >= 11 is 0. The van der Waals surface area contributed by atoms with Gasteiger partial charge < -0.3 is 10.2 Å².